The molecule has 8 heteroatoms. The molecule has 34 heavy (non-hydrogen) atoms. The van der Waals surface area contributed by atoms with Gasteiger partial charge in [0, 0.05) is 17.0 Å². The van der Waals surface area contributed by atoms with Crippen LogP contribution in [0.1, 0.15) is 47.4 Å². The number of hydrogen-bond acceptors (Lipinski definition) is 5. The molecule has 1 atom stereocenters. The highest BCUT2D eigenvalue weighted by Gasteiger charge is 2.29. The second kappa shape index (κ2) is 10.1. The highest BCUT2D eigenvalue weighted by Crippen LogP contribution is 2.38. The number of halogens is 1. The fourth-order valence-corrected chi connectivity index (χ4v) is 4.09. The number of esters is 1. The monoisotopic (exact) mass is 477 g/mol. The van der Waals surface area contributed by atoms with Crippen LogP contribution in [-0.2, 0) is 16.0 Å². The van der Waals surface area contributed by atoms with Crippen LogP contribution < -0.4 is 10.6 Å². The SMILES string of the molecule is CCNC(=O)NC(=O)C(C)OC(=O)c1c2c(nc3ccccc13)/C(=C/c1ccc(Cl)cc1)CC2. The van der Waals surface area contributed by atoms with Gasteiger partial charge < -0.3 is 10.1 Å². The number of amides is 3. The van der Waals surface area contributed by atoms with E-state index in [4.69, 9.17) is 21.3 Å². The van der Waals surface area contributed by atoms with Gasteiger partial charge in [-0.25, -0.2) is 14.6 Å². The lowest BCUT2D eigenvalue weighted by Crippen LogP contribution is -2.44. The molecule has 0 saturated carbocycles. The summed E-state index contributed by atoms with van der Waals surface area (Å²) in [4.78, 5) is 42.0. The molecule has 0 spiro atoms. The summed E-state index contributed by atoms with van der Waals surface area (Å²) in [5, 5.41) is 5.96. The van der Waals surface area contributed by atoms with Crippen molar-refractivity contribution in [1.29, 1.82) is 0 Å². The minimum absolute atomic E-state index is 0.369. The zero-order valence-corrected chi connectivity index (χ0v) is 19.6. The molecule has 0 saturated heterocycles. The summed E-state index contributed by atoms with van der Waals surface area (Å²) in [7, 11) is 0. The summed E-state index contributed by atoms with van der Waals surface area (Å²) in [5.41, 5.74) is 4.61. The number of urea groups is 1. The van der Waals surface area contributed by atoms with Crippen molar-refractivity contribution in [2.24, 2.45) is 0 Å². The van der Waals surface area contributed by atoms with Gasteiger partial charge in [-0.15, -0.1) is 0 Å². The lowest BCUT2D eigenvalue weighted by Gasteiger charge is -2.16. The normalized spacial score (nSPS) is 14.5. The Bertz CT molecular complexity index is 1300. The first-order valence-electron chi connectivity index (χ1n) is 11.0. The molecule has 2 aromatic carbocycles. The minimum atomic E-state index is -1.15. The second-order valence-electron chi connectivity index (χ2n) is 7.95. The molecule has 1 unspecified atom stereocenters. The molecule has 1 heterocycles. The van der Waals surface area contributed by atoms with Crippen LogP contribution in [0.25, 0.3) is 22.6 Å². The Labute approximate surface area is 202 Å². The maximum atomic E-state index is 13.3. The van der Waals surface area contributed by atoms with Gasteiger partial charge in [0.25, 0.3) is 5.91 Å². The van der Waals surface area contributed by atoms with Crippen LogP contribution in [0.4, 0.5) is 4.79 Å². The van der Waals surface area contributed by atoms with Gasteiger partial charge in [0.2, 0.25) is 0 Å². The molecule has 3 amide bonds. The van der Waals surface area contributed by atoms with Gasteiger partial charge in [-0.05, 0) is 67.7 Å². The third-order valence-electron chi connectivity index (χ3n) is 5.58. The summed E-state index contributed by atoms with van der Waals surface area (Å²) in [6.07, 6.45) is 2.23. The van der Waals surface area contributed by atoms with Gasteiger partial charge in [-0.2, -0.15) is 0 Å². The van der Waals surface area contributed by atoms with E-state index in [0.29, 0.717) is 34.5 Å². The van der Waals surface area contributed by atoms with E-state index in [-0.39, 0.29) is 0 Å². The van der Waals surface area contributed by atoms with E-state index in [1.165, 1.54) is 6.92 Å². The number of nitrogens with one attached hydrogen (secondary N) is 2. The summed E-state index contributed by atoms with van der Waals surface area (Å²) in [6, 6.07) is 14.2. The first kappa shape index (κ1) is 23.4. The number of carbonyl (C=O) groups excluding carboxylic acids is 3. The molecular weight excluding hydrogens is 454 g/mol. The molecule has 0 bridgehead atoms. The highest BCUT2D eigenvalue weighted by atomic mass is 35.5. The molecule has 3 aromatic rings. The molecule has 0 aliphatic heterocycles. The second-order valence-corrected chi connectivity index (χ2v) is 8.38. The Morgan fingerprint density at radius 1 is 1.12 bits per heavy atom. The van der Waals surface area contributed by atoms with Crippen molar-refractivity contribution in [3.63, 3.8) is 0 Å². The van der Waals surface area contributed by atoms with Crippen molar-refractivity contribution in [2.75, 3.05) is 6.54 Å². The quantitative estimate of drug-likeness (QED) is 0.516. The third kappa shape index (κ3) is 4.94. The molecule has 1 aliphatic rings. The standard InChI is InChI=1S/C26H24ClN3O4/c1-3-28-26(33)30-24(31)15(2)34-25(32)22-19-6-4-5-7-21(19)29-23-17(10-13-20(22)23)14-16-8-11-18(27)12-9-16/h4-9,11-12,14-15H,3,10,13H2,1-2H3,(H2,28,30,31,33)/b17-14+. The minimum Gasteiger partial charge on any atom is -0.449 e. The van der Waals surface area contributed by atoms with E-state index < -0.39 is 24.0 Å². The van der Waals surface area contributed by atoms with E-state index in [1.54, 1.807) is 6.92 Å². The van der Waals surface area contributed by atoms with Crippen LogP contribution in [0, 0.1) is 0 Å². The van der Waals surface area contributed by atoms with Gasteiger partial charge in [0.05, 0.1) is 16.8 Å². The average Bonchev–Trinajstić information content (AvgIpc) is 3.20. The summed E-state index contributed by atoms with van der Waals surface area (Å²) in [6.45, 7) is 3.54. The van der Waals surface area contributed by atoms with E-state index in [9.17, 15) is 14.4 Å². The number of rotatable bonds is 5. The van der Waals surface area contributed by atoms with Crippen LogP contribution >= 0.6 is 11.6 Å². The number of hydrogen-bond donors (Lipinski definition) is 2. The molecule has 7 nitrogen and oxygen atoms in total. The first-order chi connectivity index (χ1) is 16.4. The van der Waals surface area contributed by atoms with Crippen molar-refractivity contribution < 1.29 is 19.1 Å². The largest absolute Gasteiger partial charge is 0.449 e. The van der Waals surface area contributed by atoms with E-state index in [1.807, 2.05) is 54.6 Å². The van der Waals surface area contributed by atoms with Crippen LogP contribution in [-0.4, -0.2) is 35.5 Å². The Balaban J connectivity index is 1.68. The molecule has 1 aliphatic carbocycles. The number of aromatic nitrogens is 1. The van der Waals surface area contributed by atoms with Crippen molar-refractivity contribution >= 4 is 52.1 Å². The lowest BCUT2D eigenvalue weighted by atomic mass is 10.0. The van der Waals surface area contributed by atoms with Crippen LogP contribution in [0.5, 0.6) is 0 Å². The maximum Gasteiger partial charge on any atom is 0.339 e. The lowest BCUT2D eigenvalue weighted by molar-refractivity contribution is -0.127. The Morgan fingerprint density at radius 3 is 2.59 bits per heavy atom. The van der Waals surface area contributed by atoms with Crippen molar-refractivity contribution in [1.82, 2.24) is 15.6 Å². The molecule has 2 N–H and O–H groups in total. The predicted molar refractivity (Wildman–Crippen MR) is 131 cm³/mol. The van der Waals surface area contributed by atoms with Gasteiger partial charge in [0.15, 0.2) is 6.10 Å². The zero-order chi connectivity index (χ0) is 24.2. The van der Waals surface area contributed by atoms with E-state index in [0.717, 1.165) is 28.8 Å². The number of imide groups is 1. The van der Waals surface area contributed by atoms with Gasteiger partial charge in [0.1, 0.15) is 0 Å². The number of nitrogens with zero attached hydrogens (tertiary/aromatic N) is 1. The molecule has 1 aromatic heterocycles. The van der Waals surface area contributed by atoms with Crippen LogP contribution in [0.3, 0.4) is 0 Å². The average molecular weight is 478 g/mol. The number of para-hydroxylation sites is 1. The Morgan fingerprint density at radius 2 is 1.85 bits per heavy atom. The maximum absolute atomic E-state index is 13.3. The van der Waals surface area contributed by atoms with Crippen molar-refractivity contribution in [3.8, 4) is 0 Å². The van der Waals surface area contributed by atoms with Gasteiger partial charge in [-0.3, -0.25) is 10.1 Å². The molecule has 4 rings (SSSR count). The van der Waals surface area contributed by atoms with Crippen LogP contribution in [0.15, 0.2) is 48.5 Å². The molecular formula is C26H24ClN3O4. The molecule has 0 radical (unpaired) electrons. The topological polar surface area (TPSA) is 97.4 Å². The number of fused-ring (bicyclic) bond motifs is 2. The number of ether oxygens (including phenoxy) is 1. The summed E-state index contributed by atoms with van der Waals surface area (Å²) < 4.78 is 5.48. The summed E-state index contributed by atoms with van der Waals surface area (Å²) in [5.74, 6) is -1.32. The smallest absolute Gasteiger partial charge is 0.339 e. The Kier molecular flexibility index (Phi) is 6.93. The number of carbonyl (C=O) groups is 3. The number of allylic oxidation sites excluding steroid dienone is 1. The van der Waals surface area contributed by atoms with Gasteiger partial charge >= 0.3 is 12.0 Å². The van der Waals surface area contributed by atoms with Crippen molar-refractivity contribution in [2.45, 2.75) is 32.8 Å². The predicted octanol–water partition coefficient (Wildman–Crippen LogP) is 4.77. The van der Waals surface area contributed by atoms with E-state index in [2.05, 4.69) is 10.6 Å². The fraction of sp³-hybridized carbons (Fsp3) is 0.231. The first-order valence-corrected chi connectivity index (χ1v) is 11.4. The van der Waals surface area contributed by atoms with Crippen molar-refractivity contribution in [3.05, 3.63) is 75.9 Å². The molecule has 0 fully saturated rings. The van der Waals surface area contributed by atoms with E-state index >= 15 is 0 Å². The third-order valence-corrected chi connectivity index (χ3v) is 5.84. The van der Waals surface area contributed by atoms with Gasteiger partial charge in [-0.1, -0.05) is 41.9 Å². The zero-order valence-electron chi connectivity index (χ0n) is 18.9. The number of benzene rings is 2. The summed E-state index contributed by atoms with van der Waals surface area (Å²) >= 11 is 6.00. The highest BCUT2D eigenvalue weighted by molar-refractivity contribution is 6.30. The molecule has 174 valence electrons. The fourth-order valence-electron chi connectivity index (χ4n) is 3.96. The Hall–Kier alpha value is -3.71. The number of pyridine rings is 1. The van der Waals surface area contributed by atoms with Crippen LogP contribution in [0.2, 0.25) is 5.02 Å².